The monoisotopic (exact) mass is 98.1 g/mol. The van der Waals surface area contributed by atoms with Crippen molar-refractivity contribution in [1.29, 1.82) is 0 Å². The Kier molecular flexibility index (Phi) is 4.80. The lowest BCUT2D eigenvalue weighted by molar-refractivity contribution is 0.270. The first-order valence-corrected chi connectivity index (χ1v) is 2.39. The maximum Gasteiger partial charge on any atom is 0.125 e. The van der Waals surface area contributed by atoms with Gasteiger partial charge in [0.05, 0.1) is 6.61 Å². The predicted molar refractivity (Wildman–Crippen MR) is 30.0 cm³/mol. The van der Waals surface area contributed by atoms with Gasteiger partial charge in [0.25, 0.3) is 0 Å². The Bertz CT molecular complexity index is 78.2. The molecule has 1 nitrogen and oxygen atoms in total. The maximum atomic E-state index is 4.81. The van der Waals surface area contributed by atoms with Gasteiger partial charge in [-0.25, -0.2) is 0 Å². The molecule has 0 aromatic heterocycles. The highest BCUT2D eigenvalue weighted by Gasteiger charge is 1.59. The lowest BCUT2D eigenvalue weighted by Gasteiger charge is -1.84. The Morgan fingerprint density at radius 1 is 1.71 bits per heavy atom. The molecule has 0 rings (SSSR count). The summed E-state index contributed by atoms with van der Waals surface area (Å²) in [6.45, 7) is 4.56. The summed E-state index contributed by atoms with van der Waals surface area (Å²) < 4.78 is 4.81. The molecule has 0 bridgehead atoms. The van der Waals surface area contributed by atoms with Gasteiger partial charge in [-0.3, -0.25) is 0 Å². The van der Waals surface area contributed by atoms with E-state index >= 15 is 0 Å². The van der Waals surface area contributed by atoms with Crippen LogP contribution in [0.1, 0.15) is 13.8 Å². The van der Waals surface area contributed by atoms with E-state index < -0.39 is 0 Å². The van der Waals surface area contributed by atoms with Gasteiger partial charge in [0.1, 0.15) is 6.26 Å². The molecule has 0 spiro atoms. The van der Waals surface area contributed by atoms with E-state index in [1.165, 1.54) is 0 Å². The standard InChI is InChI=1S/C6H10O/c1-3-5-6-7-4-2/h3,6H,4H2,1-2H3. The molecule has 0 heterocycles. The van der Waals surface area contributed by atoms with Crippen molar-refractivity contribution in [2.45, 2.75) is 13.8 Å². The first-order valence-electron chi connectivity index (χ1n) is 2.39. The van der Waals surface area contributed by atoms with Crippen LogP contribution in [0, 0.1) is 0 Å². The highest BCUT2D eigenvalue weighted by Crippen LogP contribution is 1.70. The number of hydrogen-bond acceptors (Lipinski definition) is 1. The van der Waals surface area contributed by atoms with Crippen molar-refractivity contribution < 1.29 is 4.74 Å². The van der Waals surface area contributed by atoms with Gasteiger partial charge in [-0.15, -0.1) is 0 Å². The Morgan fingerprint density at radius 2 is 2.43 bits per heavy atom. The Morgan fingerprint density at radius 3 is 2.86 bits per heavy atom. The van der Waals surface area contributed by atoms with Crippen LogP contribution in [-0.2, 0) is 4.74 Å². The molecular formula is C6H10O. The molecule has 0 aromatic carbocycles. The van der Waals surface area contributed by atoms with Crippen LogP contribution in [0.2, 0.25) is 0 Å². The van der Waals surface area contributed by atoms with Gasteiger partial charge < -0.3 is 4.74 Å². The van der Waals surface area contributed by atoms with Crippen molar-refractivity contribution in [1.82, 2.24) is 0 Å². The summed E-state index contributed by atoms with van der Waals surface area (Å²) in [5.74, 6) is 0. The van der Waals surface area contributed by atoms with E-state index in [-0.39, 0.29) is 0 Å². The normalized spacial score (nSPS) is 6.57. The zero-order valence-electron chi connectivity index (χ0n) is 4.77. The third-order valence-corrected chi connectivity index (χ3v) is 0.485. The highest BCUT2D eigenvalue weighted by molar-refractivity contribution is 4.73. The lowest BCUT2D eigenvalue weighted by atomic mass is 10.7. The smallest absolute Gasteiger partial charge is 0.125 e. The minimum absolute atomic E-state index is 0.723. The minimum Gasteiger partial charge on any atom is -0.493 e. The minimum atomic E-state index is 0.723. The number of rotatable bonds is 2. The van der Waals surface area contributed by atoms with E-state index in [1.54, 1.807) is 12.3 Å². The van der Waals surface area contributed by atoms with Crippen molar-refractivity contribution in [2.24, 2.45) is 0 Å². The molecule has 40 valence electrons. The molecule has 1 heteroatoms. The van der Waals surface area contributed by atoms with E-state index in [1.807, 2.05) is 13.8 Å². The Labute approximate surface area is 44.3 Å². The summed E-state index contributed by atoms with van der Waals surface area (Å²) in [7, 11) is 0. The summed E-state index contributed by atoms with van der Waals surface area (Å²) >= 11 is 0. The van der Waals surface area contributed by atoms with Crippen LogP contribution in [0.3, 0.4) is 0 Å². The Hall–Kier alpha value is -0.680. The fourth-order valence-electron chi connectivity index (χ4n) is 0.199. The summed E-state index contributed by atoms with van der Waals surface area (Å²) in [5, 5.41) is 0. The molecule has 0 amide bonds. The quantitative estimate of drug-likeness (QED) is 0.377. The second kappa shape index (κ2) is 5.32. The number of hydrogen-bond donors (Lipinski definition) is 0. The summed E-state index contributed by atoms with van der Waals surface area (Å²) in [5.41, 5.74) is 2.78. The third-order valence-electron chi connectivity index (χ3n) is 0.485. The topological polar surface area (TPSA) is 9.23 Å². The van der Waals surface area contributed by atoms with Crippen molar-refractivity contribution >= 4 is 0 Å². The van der Waals surface area contributed by atoms with Crippen molar-refractivity contribution in [3.05, 3.63) is 18.1 Å². The van der Waals surface area contributed by atoms with Gasteiger partial charge >= 0.3 is 0 Å². The fourth-order valence-corrected chi connectivity index (χ4v) is 0.199. The van der Waals surface area contributed by atoms with E-state index in [0.29, 0.717) is 0 Å². The average Bonchev–Trinajstić information content (AvgIpc) is 1.69. The molecule has 0 aliphatic rings. The van der Waals surface area contributed by atoms with Crippen LogP contribution in [-0.4, -0.2) is 6.61 Å². The van der Waals surface area contributed by atoms with Gasteiger partial charge in [0.2, 0.25) is 0 Å². The van der Waals surface area contributed by atoms with Gasteiger partial charge in [0.15, 0.2) is 0 Å². The second-order valence-electron chi connectivity index (χ2n) is 1.03. The molecule has 0 fully saturated rings. The average molecular weight is 98.1 g/mol. The van der Waals surface area contributed by atoms with Crippen molar-refractivity contribution in [2.75, 3.05) is 6.61 Å². The molecule has 0 aromatic rings. The summed E-state index contributed by atoms with van der Waals surface area (Å²) in [6.07, 6.45) is 3.36. The number of ether oxygens (including phenoxy) is 1. The molecule has 0 saturated heterocycles. The molecule has 0 atom stereocenters. The largest absolute Gasteiger partial charge is 0.493 e. The molecule has 7 heavy (non-hydrogen) atoms. The van der Waals surface area contributed by atoms with Gasteiger partial charge in [-0.05, 0) is 19.9 Å². The predicted octanol–water partition coefficient (Wildman–Crippen LogP) is 1.71. The van der Waals surface area contributed by atoms with Crippen LogP contribution < -0.4 is 0 Å². The van der Waals surface area contributed by atoms with Gasteiger partial charge in [-0.1, -0.05) is 5.73 Å². The Balaban J connectivity index is 3.10. The maximum absolute atomic E-state index is 4.81. The first-order chi connectivity index (χ1) is 3.41. The van der Waals surface area contributed by atoms with Gasteiger partial charge in [0, 0.05) is 0 Å². The SMILES string of the molecule is CC=C=COCC. The van der Waals surface area contributed by atoms with Crippen LogP contribution >= 0.6 is 0 Å². The second-order valence-corrected chi connectivity index (χ2v) is 1.03. The molecule has 0 aliphatic carbocycles. The summed E-state index contributed by atoms with van der Waals surface area (Å²) in [6, 6.07) is 0. The van der Waals surface area contributed by atoms with Crippen LogP contribution in [0.4, 0.5) is 0 Å². The van der Waals surface area contributed by atoms with Crippen LogP contribution in [0.15, 0.2) is 18.1 Å². The molecule has 0 N–H and O–H groups in total. The summed E-state index contributed by atoms with van der Waals surface area (Å²) in [4.78, 5) is 0. The van der Waals surface area contributed by atoms with Crippen LogP contribution in [0.5, 0.6) is 0 Å². The van der Waals surface area contributed by atoms with Crippen molar-refractivity contribution in [3.63, 3.8) is 0 Å². The molecule has 0 unspecified atom stereocenters. The first kappa shape index (κ1) is 6.32. The van der Waals surface area contributed by atoms with Crippen LogP contribution in [0.25, 0.3) is 0 Å². The zero-order valence-corrected chi connectivity index (χ0v) is 4.77. The zero-order chi connectivity index (χ0) is 5.54. The molecule has 0 saturated carbocycles. The number of allylic oxidation sites excluding steroid dienone is 1. The lowest BCUT2D eigenvalue weighted by Crippen LogP contribution is -1.73. The van der Waals surface area contributed by atoms with E-state index in [9.17, 15) is 0 Å². The fraction of sp³-hybridized carbons (Fsp3) is 0.500. The molecular weight excluding hydrogens is 88.1 g/mol. The third kappa shape index (κ3) is 5.32. The van der Waals surface area contributed by atoms with E-state index in [2.05, 4.69) is 5.73 Å². The van der Waals surface area contributed by atoms with E-state index in [4.69, 9.17) is 4.74 Å². The van der Waals surface area contributed by atoms with Crippen molar-refractivity contribution in [3.8, 4) is 0 Å². The van der Waals surface area contributed by atoms with Gasteiger partial charge in [-0.2, -0.15) is 0 Å². The molecule has 0 radical (unpaired) electrons. The van der Waals surface area contributed by atoms with E-state index in [0.717, 1.165) is 6.61 Å². The highest BCUT2D eigenvalue weighted by atomic mass is 16.5. The molecule has 0 aliphatic heterocycles.